The summed E-state index contributed by atoms with van der Waals surface area (Å²) in [4.78, 5) is 12.7. The first-order valence-corrected chi connectivity index (χ1v) is 8.34. The minimum Gasteiger partial charge on any atom is -0.338 e. The van der Waals surface area contributed by atoms with E-state index in [4.69, 9.17) is 0 Å². The lowest BCUT2D eigenvalue weighted by Crippen LogP contribution is -2.29. The Balaban J connectivity index is 1.66. The second-order valence-electron chi connectivity index (χ2n) is 4.96. The van der Waals surface area contributed by atoms with E-state index in [2.05, 4.69) is 10.6 Å². The van der Waals surface area contributed by atoms with E-state index < -0.39 is 12.5 Å². The molecule has 128 valence electrons. The van der Waals surface area contributed by atoms with Crippen molar-refractivity contribution in [1.82, 2.24) is 5.32 Å². The maximum atomic E-state index is 12.8. The number of hydrogen-bond acceptors (Lipinski definition) is 2. The molecule has 0 atom stereocenters. The highest BCUT2D eigenvalue weighted by Crippen LogP contribution is 2.21. The van der Waals surface area contributed by atoms with Gasteiger partial charge in [0.15, 0.2) is 0 Å². The van der Waals surface area contributed by atoms with E-state index in [9.17, 15) is 18.0 Å². The van der Waals surface area contributed by atoms with Gasteiger partial charge in [0.25, 0.3) is 6.43 Å². The summed E-state index contributed by atoms with van der Waals surface area (Å²) in [5.74, 6) is 0.501. The Morgan fingerprint density at radius 1 is 1.12 bits per heavy atom. The van der Waals surface area contributed by atoms with Crippen LogP contribution in [0, 0.1) is 5.82 Å². The first-order valence-electron chi connectivity index (χ1n) is 7.36. The second kappa shape index (κ2) is 9.22. The molecule has 2 aromatic carbocycles. The van der Waals surface area contributed by atoms with Crippen molar-refractivity contribution in [2.75, 3.05) is 17.6 Å². The SMILES string of the molecule is O=C(NCCCSc1ccc(F)cc1)Nc1cccc(C(F)F)c1. The van der Waals surface area contributed by atoms with E-state index in [0.717, 1.165) is 17.1 Å². The van der Waals surface area contributed by atoms with Crippen molar-refractivity contribution in [3.8, 4) is 0 Å². The van der Waals surface area contributed by atoms with E-state index in [1.165, 1.54) is 30.3 Å². The molecule has 0 aliphatic heterocycles. The number of urea groups is 1. The third-order valence-electron chi connectivity index (χ3n) is 3.09. The normalized spacial score (nSPS) is 10.7. The molecule has 0 saturated carbocycles. The smallest absolute Gasteiger partial charge is 0.319 e. The van der Waals surface area contributed by atoms with Crippen molar-refractivity contribution in [2.24, 2.45) is 0 Å². The summed E-state index contributed by atoms with van der Waals surface area (Å²) in [5, 5.41) is 5.18. The number of amides is 2. The van der Waals surface area contributed by atoms with Crippen LogP contribution in [0.5, 0.6) is 0 Å². The average Bonchev–Trinajstić information content (AvgIpc) is 2.56. The number of carbonyl (C=O) groups excluding carboxylic acids is 1. The molecule has 24 heavy (non-hydrogen) atoms. The Labute approximate surface area is 142 Å². The van der Waals surface area contributed by atoms with Crippen LogP contribution >= 0.6 is 11.8 Å². The lowest BCUT2D eigenvalue weighted by atomic mass is 10.2. The third kappa shape index (κ3) is 6.16. The fraction of sp³-hybridized carbons (Fsp3) is 0.235. The lowest BCUT2D eigenvalue weighted by Gasteiger charge is -2.09. The van der Waals surface area contributed by atoms with Crippen molar-refractivity contribution < 1.29 is 18.0 Å². The molecule has 0 aliphatic rings. The van der Waals surface area contributed by atoms with E-state index in [-0.39, 0.29) is 11.4 Å². The molecule has 2 rings (SSSR count). The van der Waals surface area contributed by atoms with Gasteiger partial charge in [-0.1, -0.05) is 12.1 Å². The number of carbonyl (C=O) groups is 1. The fourth-order valence-corrected chi connectivity index (χ4v) is 2.78. The van der Waals surface area contributed by atoms with Gasteiger partial charge in [-0.3, -0.25) is 0 Å². The van der Waals surface area contributed by atoms with Crippen molar-refractivity contribution in [3.05, 3.63) is 59.9 Å². The van der Waals surface area contributed by atoms with Gasteiger partial charge >= 0.3 is 6.03 Å². The first-order chi connectivity index (χ1) is 11.5. The Hall–Kier alpha value is -2.15. The number of rotatable bonds is 7. The van der Waals surface area contributed by atoms with Gasteiger partial charge in [-0.15, -0.1) is 11.8 Å². The summed E-state index contributed by atoms with van der Waals surface area (Å²) in [5.41, 5.74) is 0.189. The van der Waals surface area contributed by atoms with Crippen LogP contribution in [0.4, 0.5) is 23.7 Å². The van der Waals surface area contributed by atoms with Crippen LogP contribution in [0.3, 0.4) is 0 Å². The van der Waals surface area contributed by atoms with Crippen LogP contribution in [0.1, 0.15) is 18.4 Å². The number of nitrogens with one attached hydrogen (secondary N) is 2. The molecular weight excluding hydrogens is 337 g/mol. The highest BCUT2D eigenvalue weighted by Gasteiger charge is 2.08. The molecule has 0 unspecified atom stereocenters. The number of benzene rings is 2. The third-order valence-corrected chi connectivity index (χ3v) is 4.18. The predicted molar refractivity (Wildman–Crippen MR) is 90.2 cm³/mol. The van der Waals surface area contributed by atoms with Crippen LogP contribution in [0.25, 0.3) is 0 Å². The Morgan fingerprint density at radius 2 is 1.88 bits per heavy atom. The molecule has 0 fully saturated rings. The molecule has 0 bridgehead atoms. The largest absolute Gasteiger partial charge is 0.338 e. The number of alkyl halides is 2. The lowest BCUT2D eigenvalue weighted by molar-refractivity contribution is 0.151. The van der Waals surface area contributed by atoms with Crippen molar-refractivity contribution >= 4 is 23.5 Å². The molecule has 0 spiro atoms. The first kappa shape index (κ1) is 18.2. The van der Waals surface area contributed by atoms with E-state index in [0.29, 0.717) is 12.2 Å². The van der Waals surface area contributed by atoms with Crippen LogP contribution in [0.15, 0.2) is 53.4 Å². The van der Waals surface area contributed by atoms with E-state index in [1.54, 1.807) is 30.0 Å². The highest BCUT2D eigenvalue weighted by molar-refractivity contribution is 7.99. The summed E-state index contributed by atoms with van der Waals surface area (Å²) >= 11 is 1.57. The number of thioether (sulfide) groups is 1. The molecular formula is C17H17F3N2OS. The zero-order valence-corrected chi connectivity index (χ0v) is 13.6. The molecule has 0 heterocycles. The maximum Gasteiger partial charge on any atom is 0.319 e. The van der Waals surface area contributed by atoms with E-state index in [1.807, 2.05) is 0 Å². The van der Waals surface area contributed by atoms with Crippen molar-refractivity contribution in [3.63, 3.8) is 0 Å². The minimum atomic E-state index is -2.57. The van der Waals surface area contributed by atoms with Gasteiger partial charge in [-0.05, 0) is 48.6 Å². The fourth-order valence-electron chi connectivity index (χ4n) is 1.92. The number of halogens is 3. The van der Waals surface area contributed by atoms with Gasteiger partial charge in [-0.2, -0.15) is 0 Å². The van der Waals surface area contributed by atoms with Crippen molar-refractivity contribution in [1.29, 1.82) is 0 Å². The van der Waals surface area contributed by atoms with Crippen LogP contribution < -0.4 is 10.6 Å². The van der Waals surface area contributed by atoms with Gasteiger partial charge in [0.05, 0.1) is 0 Å². The maximum absolute atomic E-state index is 12.8. The van der Waals surface area contributed by atoms with Crippen LogP contribution in [0.2, 0.25) is 0 Å². The van der Waals surface area contributed by atoms with Gasteiger partial charge in [0.2, 0.25) is 0 Å². The standard InChI is InChI=1S/C17H17F3N2OS/c18-13-5-7-15(8-6-13)24-10-2-9-21-17(23)22-14-4-1-3-12(11-14)16(19)20/h1,3-8,11,16H,2,9-10H2,(H2,21,22,23). The predicted octanol–water partition coefficient (Wildman–Crippen LogP) is 5.07. The Kier molecular flexibility index (Phi) is 6.99. The minimum absolute atomic E-state index is 0.136. The van der Waals surface area contributed by atoms with Gasteiger partial charge in [-0.25, -0.2) is 18.0 Å². The quantitative estimate of drug-likeness (QED) is 0.538. The molecule has 3 nitrogen and oxygen atoms in total. The molecule has 2 aromatic rings. The topological polar surface area (TPSA) is 41.1 Å². The molecule has 2 N–H and O–H groups in total. The van der Waals surface area contributed by atoms with Gasteiger partial charge in [0.1, 0.15) is 5.82 Å². The molecule has 2 amide bonds. The summed E-state index contributed by atoms with van der Waals surface area (Å²) in [6.45, 7) is 0.453. The zero-order chi connectivity index (χ0) is 17.4. The van der Waals surface area contributed by atoms with Crippen LogP contribution in [-0.4, -0.2) is 18.3 Å². The summed E-state index contributed by atoms with van der Waals surface area (Å²) in [7, 11) is 0. The molecule has 0 radical (unpaired) electrons. The van der Waals surface area contributed by atoms with Gasteiger partial charge in [0, 0.05) is 22.7 Å². The summed E-state index contributed by atoms with van der Waals surface area (Å²) in [6.07, 6.45) is -1.84. The number of anilines is 1. The average molecular weight is 354 g/mol. The monoisotopic (exact) mass is 354 g/mol. The highest BCUT2D eigenvalue weighted by atomic mass is 32.2. The van der Waals surface area contributed by atoms with Crippen LogP contribution in [-0.2, 0) is 0 Å². The number of hydrogen-bond donors (Lipinski definition) is 2. The van der Waals surface area contributed by atoms with E-state index >= 15 is 0 Å². The second-order valence-corrected chi connectivity index (χ2v) is 6.13. The Bertz CT molecular complexity index is 665. The molecule has 0 aliphatic carbocycles. The summed E-state index contributed by atoms with van der Waals surface area (Å²) < 4.78 is 37.9. The molecule has 0 saturated heterocycles. The summed E-state index contributed by atoms with van der Waals surface area (Å²) in [6, 6.07) is 11.4. The zero-order valence-electron chi connectivity index (χ0n) is 12.8. The van der Waals surface area contributed by atoms with Gasteiger partial charge < -0.3 is 10.6 Å². The molecule has 7 heteroatoms. The molecule has 0 aromatic heterocycles. The Morgan fingerprint density at radius 3 is 2.58 bits per heavy atom. The van der Waals surface area contributed by atoms with Crippen molar-refractivity contribution in [2.45, 2.75) is 17.7 Å².